The van der Waals surface area contributed by atoms with Gasteiger partial charge in [-0.1, -0.05) is 17.7 Å². The van der Waals surface area contributed by atoms with Crippen molar-refractivity contribution in [1.82, 2.24) is 9.80 Å². The molecule has 1 aliphatic heterocycles. The van der Waals surface area contributed by atoms with E-state index >= 15 is 0 Å². The molecule has 1 aromatic carbocycles. The second-order valence-corrected chi connectivity index (χ2v) is 5.68. The number of benzene rings is 1. The fourth-order valence-corrected chi connectivity index (χ4v) is 2.47. The Labute approximate surface area is 129 Å². The summed E-state index contributed by atoms with van der Waals surface area (Å²) in [6, 6.07) is 5.45. The van der Waals surface area contributed by atoms with Crippen LogP contribution in [0.5, 0.6) is 0 Å². The largest absolute Gasteiger partial charge is 0.343 e. The van der Waals surface area contributed by atoms with Gasteiger partial charge >= 0.3 is 0 Å². The van der Waals surface area contributed by atoms with Crippen LogP contribution in [-0.4, -0.2) is 54.8 Å². The molecule has 0 aliphatic carbocycles. The van der Waals surface area contributed by atoms with Crippen LogP contribution in [0.25, 0.3) is 0 Å². The molecule has 0 aromatic heterocycles. The van der Waals surface area contributed by atoms with E-state index in [1.807, 2.05) is 13.0 Å². The third-order valence-corrected chi connectivity index (χ3v) is 3.92. The van der Waals surface area contributed by atoms with Crippen LogP contribution in [0.2, 0.25) is 5.02 Å². The van der Waals surface area contributed by atoms with Crippen molar-refractivity contribution < 1.29 is 9.59 Å². The lowest BCUT2D eigenvalue weighted by Gasteiger charge is -2.32. The maximum Gasteiger partial charge on any atom is 0.225 e. The van der Waals surface area contributed by atoms with Gasteiger partial charge in [-0.3, -0.25) is 14.5 Å². The lowest BCUT2D eigenvalue weighted by Crippen LogP contribution is -2.46. The van der Waals surface area contributed by atoms with Crippen molar-refractivity contribution in [2.45, 2.75) is 13.3 Å². The number of nitrogens with one attached hydrogen (secondary N) is 1. The summed E-state index contributed by atoms with van der Waals surface area (Å²) in [5.41, 5.74) is 1.76. The van der Waals surface area contributed by atoms with Gasteiger partial charge in [-0.05, 0) is 24.6 Å². The molecular formula is C15H20ClN3O2. The number of carbonyl (C=O) groups is 2. The van der Waals surface area contributed by atoms with Crippen LogP contribution in [0.1, 0.15) is 12.0 Å². The molecule has 0 bridgehead atoms. The molecular weight excluding hydrogens is 290 g/mol. The molecule has 2 rings (SSSR count). The van der Waals surface area contributed by atoms with Crippen LogP contribution < -0.4 is 5.32 Å². The minimum atomic E-state index is -0.0156. The summed E-state index contributed by atoms with van der Waals surface area (Å²) in [6.07, 6.45) is 1.32. The average Bonchev–Trinajstić information content (AvgIpc) is 2.49. The van der Waals surface area contributed by atoms with Crippen molar-refractivity contribution in [3.8, 4) is 0 Å². The highest BCUT2D eigenvalue weighted by molar-refractivity contribution is 6.31. The van der Waals surface area contributed by atoms with Gasteiger partial charge in [0.2, 0.25) is 12.3 Å². The molecule has 1 N–H and O–H groups in total. The number of nitrogens with zero attached hydrogens (tertiary/aromatic N) is 2. The summed E-state index contributed by atoms with van der Waals surface area (Å²) >= 11 is 5.93. The fraction of sp³-hybridized carbons (Fsp3) is 0.467. The molecule has 1 heterocycles. The van der Waals surface area contributed by atoms with E-state index < -0.39 is 0 Å². The Morgan fingerprint density at radius 2 is 2.05 bits per heavy atom. The van der Waals surface area contributed by atoms with Gasteiger partial charge in [0.1, 0.15) is 0 Å². The van der Waals surface area contributed by atoms with E-state index in [9.17, 15) is 9.59 Å². The SMILES string of the molecule is Cc1ccc(Cl)cc1NC(=O)CCN1CCN(C=O)CC1. The molecule has 0 radical (unpaired) electrons. The van der Waals surface area contributed by atoms with Crippen LogP contribution in [0.4, 0.5) is 5.69 Å². The van der Waals surface area contributed by atoms with Crippen LogP contribution in [0, 0.1) is 6.92 Å². The molecule has 21 heavy (non-hydrogen) atoms. The first-order valence-corrected chi connectivity index (χ1v) is 7.44. The van der Waals surface area contributed by atoms with E-state index in [1.165, 1.54) is 0 Å². The van der Waals surface area contributed by atoms with Crippen LogP contribution >= 0.6 is 11.6 Å². The highest BCUT2D eigenvalue weighted by Gasteiger charge is 2.16. The van der Waals surface area contributed by atoms with Crippen molar-refractivity contribution in [2.75, 3.05) is 38.0 Å². The van der Waals surface area contributed by atoms with Gasteiger partial charge in [0.05, 0.1) is 0 Å². The maximum atomic E-state index is 12.0. The highest BCUT2D eigenvalue weighted by Crippen LogP contribution is 2.20. The first kappa shape index (κ1) is 15.8. The zero-order valence-electron chi connectivity index (χ0n) is 12.1. The Bertz CT molecular complexity index is 514. The summed E-state index contributed by atoms with van der Waals surface area (Å²) in [5.74, 6) is -0.0156. The molecule has 0 spiro atoms. The van der Waals surface area contributed by atoms with E-state index in [4.69, 9.17) is 11.6 Å². The molecule has 0 saturated carbocycles. The van der Waals surface area contributed by atoms with Crippen molar-refractivity contribution in [1.29, 1.82) is 0 Å². The van der Waals surface area contributed by atoms with Gasteiger partial charge in [0, 0.05) is 49.9 Å². The summed E-state index contributed by atoms with van der Waals surface area (Å²) in [5, 5.41) is 3.51. The molecule has 1 aliphatic rings. The molecule has 1 aromatic rings. The summed E-state index contributed by atoms with van der Waals surface area (Å²) in [4.78, 5) is 26.6. The highest BCUT2D eigenvalue weighted by atomic mass is 35.5. The number of anilines is 1. The van der Waals surface area contributed by atoms with E-state index in [0.29, 0.717) is 18.0 Å². The normalized spacial score (nSPS) is 15.8. The van der Waals surface area contributed by atoms with Gasteiger partial charge < -0.3 is 10.2 Å². The topological polar surface area (TPSA) is 52.7 Å². The Balaban J connectivity index is 1.77. The number of hydrogen-bond donors (Lipinski definition) is 1. The number of amides is 2. The first-order chi connectivity index (χ1) is 10.1. The third kappa shape index (κ3) is 4.72. The molecule has 1 saturated heterocycles. The number of aryl methyl sites for hydroxylation is 1. The van der Waals surface area contributed by atoms with E-state index in [1.54, 1.807) is 17.0 Å². The lowest BCUT2D eigenvalue weighted by atomic mass is 10.2. The molecule has 6 heteroatoms. The standard InChI is InChI=1S/C15H20ClN3O2/c1-12-2-3-13(16)10-14(12)17-15(21)4-5-18-6-8-19(11-20)9-7-18/h2-3,10-11H,4-9H2,1H3,(H,17,21). The van der Waals surface area contributed by atoms with Crippen molar-refractivity contribution in [2.24, 2.45) is 0 Å². The molecule has 1 fully saturated rings. The zero-order valence-corrected chi connectivity index (χ0v) is 12.9. The Kier molecular flexibility index (Phi) is 5.59. The van der Waals surface area contributed by atoms with Gasteiger partial charge in [0.15, 0.2) is 0 Å². The Morgan fingerprint density at radius 1 is 1.33 bits per heavy atom. The smallest absolute Gasteiger partial charge is 0.225 e. The molecule has 5 nitrogen and oxygen atoms in total. The van der Waals surface area contributed by atoms with Crippen LogP contribution in [0.15, 0.2) is 18.2 Å². The van der Waals surface area contributed by atoms with Crippen LogP contribution in [0.3, 0.4) is 0 Å². The van der Waals surface area contributed by atoms with Crippen molar-refractivity contribution >= 4 is 29.6 Å². The minimum absolute atomic E-state index is 0.0156. The second kappa shape index (κ2) is 7.43. The maximum absolute atomic E-state index is 12.0. The minimum Gasteiger partial charge on any atom is -0.343 e. The first-order valence-electron chi connectivity index (χ1n) is 7.06. The fourth-order valence-electron chi connectivity index (χ4n) is 2.29. The van der Waals surface area contributed by atoms with Gasteiger partial charge in [-0.15, -0.1) is 0 Å². The van der Waals surface area contributed by atoms with Crippen LogP contribution in [-0.2, 0) is 9.59 Å². The number of hydrogen-bond acceptors (Lipinski definition) is 3. The van der Waals surface area contributed by atoms with E-state index in [-0.39, 0.29) is 5.91 Å². The summed E-state index contributed by atoms with van der Waals surface area (Å²) < 4.78 is 0. The molecule has 0 unspecified atom stereocenters. The quantitative estimate of drug-likeness (QED) is 0.843. The van der Waals surface area contributed by atoms with E-state index in [0.717, 1.165) is 43.8 Å². The third-order valence-electron chi connectivity index (χ3n) is 3.68. The van der Waals surface area contributed by atoms with Crippen molar-refractivity contribution in [3.63, 3.8) is 0 Å². The van der Waals surface area contributed by atoms with Crippen molar-refractivity contribution in [3.05, 3.63) is 28.8 Å². The Morgan fingerprint density at radius 3 is 2.71 bits per heavy atom. The summed E-state index contributed by atoms with van der Waals surface area (Å²) in [6.45, 7) is 5.75. The number of halogens is 1. The van der Waals surface area contributed by atoms with E-state index in [2.05, 4.69) is 10.2 Å². The predicted octanol–water partition coefficient (Wildman–Crippen LogP) is 1.75. The Hall–Kier alpha value is -1.59. The molecule has 0 atom stereocenters. The molecule has 2 amide bonds. The second-order valence-electron chi connectivity index (χ2n) is 5.24. The zero-order chi connectivity index (χ0) is 15.2. The monoisotopic (exact) mass is 309 g/mol. The number of rotatable bonds is 5. The predicted molar refractivity (Wildman–Crippen MR) is 83.5 cm³/mol. The van der Waals surface area contributed by atoms with Gasteiger partial charge in [0.25, 0.3) is 0 Å². The summed E-state index contributed by atoms with van der Waals surface area (Å²) in [7, 11) is 0. The van der Waals surface area contributed by atoms with Gasteiger partial charge in [-0.2, -0.15) is 0 Å². The number of piperazine rings is 1. The molecule has 114 valence electrons. The van der Waals surface area contributed by atoms with Gasteiger partial charge in [-0.25, -0.2) is 0 Å². The lowest BCUT2D eigenvalue weighted by molar-refractivity contribution is -0.120. The average molecular weight is 310 g/mol. The number of carbonyl (C=O) groups excluding carboxylic acids is 2.